The maximum Gasteiger partial charge on any atom is 0.191 e. The molecular weight excluding hydrogens is 395 g/mol. The van der Waals surface area contributed by atoms with Crippen LogP contribution in [0.3, 0.4) is 0 Å². The molecule has 0 aliphatic carbocycles. The molecule has 1 atom stereocenters. The maximum absolute atomic E-state index is 5.62. The molecule has 2 N–H and O–H groups in total. The van der Waals surface area contributed by atoms with Crippen molar-refractivity contribution in [2.75, 3.05) is 53.0 Å². The van der Waals surface area contributed by atoms with Crippen LogP contribution in [0.25, 0.3) is 0 Å². The van der Waals surface area contributed by atoms with E-state index in [1.54, 1.807) is 0 Å². The van der Waals surface area contributed by atoms with Gasteiger partial charge in [0.15, 0.2) is 5.96 Å². The van der Waals surface area contributed by atoms with Crippen molar-refractivity contribution in [2.45, 2.75) is 38.3 Å². The molecule has 0 saturated carbocycles. The van der Waals surface area contributed by atoms with E-state index in [0.717, 1.165) is 58.4 Å². The van der Waals surface area contributed by atoms with E-state index in [-0.39, 0.29) is 29.5 Å². The van der Waals surface area contributed by atoms with Crippen LogP contribution in [0.5, 0.6) is 0 Å². The highest BCUT2D eigenvalue weighted by atomic mass is 127. The van der Waals surface area contributed by atoms with E-state index in [2.05, 4.69) is 34.4 Å². The Balaban J connectivity index is 0.00000242. The standard InChI is InChI=1S/C15H30N4O2.HI/c1-15(2,19-6-9-20-10-7-19)12-18-14(16-3)17-11-13-5-4-8-21-13;/h13H,4-12H2,1-3H3,(H2,16,17,18);1H. The predicted octanol–water partition coefficient (Wildman–Crippen LogP) is 1.06. The fraction of sp³-hybridized carbons (Fsp3) is 0.933. The first kappa shape index (κ1) is 19.9. The van der Waals surface area contributed by atoms with E-state index in [4.69, 9.17) is 9.47 Å². The summed E-state index contributed by atoms with van der Waals surface area (Å²) in [6, 6.07) is 0. The highest BCUT2D eigenvalue weighted by Gasteiger charge is 2.28. The van der Waals surface area contributed by atoms with Gasteiger partial charge in [-0.15, -0.1) is 24.0 Å². The Bertz CT molecular complexity index is 340. The summed E-state index contributed by atoms with van der Waals surface area (Å²) >= 11 is 0. The lowest BCUT2D eigenvalue weighted by Crippen LogP contribution is -2.56. The summed E-state index contributed by atoms with van der Waals surface area (Å²) in [5, 5.41) is 6.79. The van der Waals surface area contributed by atoms with Gasteiger partial charge in [0, 0.05) is 45.4 Å². The predicted molar refractivity (Wildman–Crippen MR) is 100 cm³/mol. The van der Waals surface area contributed by atoms with Gasteiger partial charge in [0.05, 0.1) is 19.3 Å². The molecule has 0 aromatic rings. The second-order valence-electron chi connectivity index (χ2n) is 6.35. The van der Waals surface area contributed by atoms with Gasteiger partial charge in [-0.25, -0.2) is 0 Å². The van der Waals surface area contributed by atoms with Crippen molar-refractivity contribution in [3.8, 4) is 0 Å². The summed E-state index contributed by atoms with van der Waals surface area (Å²) in [4.78, 5) is 6.76. The molecule has 0 bridgehead atoms. The minimum absolute atomic E-state index is 0. The Morgan fingerprint density at radius 1 is 1.23 bits per heavy atom. The lowest BCUT2D eigenvalue weighted by molar-refractivity contribution is -0.00835. The lowest BCUT2D eigenvalue weighted by atomic mass is 10.0. The van der Waals surface area contributed by atoms with Crippen molar-refractivity contribution < 1.29 is 9.47 Å². The quantitative estimate of drug-likeness (QED) is 0.391. The van der Waals surface area contributed by atoms with Crippen molar-refractivity contribution in [3.05, 3.63) is 0 Å². The third-order valence-electron chi connectivity index (χ3n) is 4.30. The number of aliphatic imine (C=N–C) groups is 1. The number of ether oxygens (including phenoxy) is 2. The van der Waals surface area contributed by atoms with Crippen molar-refractivity contribution in [1.82, 2.24) is 15.5 Å². The Morgan fingerprint density at radius 2 is 1.95 bits per heavy atom. The zero-order chi connectivity index (χ0) is 15.1. The van der Waals surface area contributed by atoms with E-state index in [9.17, 15) is 0 Å². The minimum Gasteiger partial charge on any atom is -0.379 e. The summed E-state index contributed by atoms with van der Waals surface area (Å²) in [5.41, 5.74) is 0.0886. The van der Waals surface area contributed by atoms with Gasteiger partial charge >= 0.3 is 0 Å². The average Bonchev–Trinajstić information content (AvgIpc) is 3.02. The number of hydrogen-bond acceptors (Lipinski definition) is 4. The first-order valence-corrected chi connectivity index (χ1v) is 8.01. The molecule has 2 aliphatic heterocycles. The Morgan fingerprint density at radius 3 is 2.55 bits per heavy atom. The van der Waals surface area contributed by atoms with Crippen LogP contribution in [0.2, 0.25) is 0 Å². The Kier molecular flexibility index (Phi) is 8.96. The molecule has 0 aromatic carbocycles. The normalized spacial score (nSPS) is 24.0. The molecule has 2 saturated heterocycles. The summed E-state index contributed by atoms with van der Waals surface area (Å²) in [7, 11) is 1.81. The van der Waals surface area contributed by atoms with Crippen LogP contribution in [0.15, 0.2) is 4.99 Å². The molecule has 2 heterocycles. The van der Waals surface area contributed by atoms with E-state index in [1.165, 1.54) is 6.42 Å². The molecule has 2 fully saturated rings. The van der Waals surface area contributed by atoms with Crippen LogP contribution in [0.1, 0.15) is 26.7 Å². The zero-order valence-corrected chi connectivity index (χ0v) is 16.4. The van der Waals surface area contributed by atoms with E-state index < -0.39 is 0 Å². The van der Waals surface area contributed by atoms with Crippen LogP contribution in [0.4, 0.5) is 0 Å². The molecule has 6 nitrogen and oxygen atoms in total. The van der Waals surface area contributed by atoms with Gasteiger partial charge in [0.25, 0.3) is 0 Å². The Labute approximate surface area is 151 Å². The first-order chi connectivity index (χ1) is 10.1. The van der Waals surface area contributed by atoms with Crippen LogP contribution in [0, 0.1) is 0 Å². The van der Waals surface area contributed by atoms with Crippen LogP contribution >= 0.6 is 24.0 Å². The molecule has 2 aliphatic rings. The number of nitrogens with one attached hydrogen (secondary N) is 2. The maximum atomic E-state index is 5.62. The van der Waals surface area contributed by atoms with Crippen LogP contribution < -0.4 is 10.6 Å². The minimum atomic E-state index is 0. The molecule has 7 heteroatoms. The van der Waals surface area contributed by atoms with Crippen molar-refractivity contribution in [1.29, 1.82) is 0 Å². The summed E-state index contributed by atoms with van der Waals surface area (Å²) in [6.07, 6.45) is 2.64. The van der Waals surface area contributed by atoms with Crippen molar-refractivity contribution in [2.24, 2.45) is 4.99 Å². The van der Waals surface area contributed by atoms with Gasteiger partial charge < -0.3 is 20.1 Å². The van der Waals surface area contributed by atoms with Crippen LogP contribution in [-0.2, 0) is 9.47 Å². The molecule has 0 aromatic heterocycles. The molecule has 22 heavy (non-hydrogen) atoms. The number of nitrogens with zero attached hydrogens (tertiary/aromatic N) is 2. The Hall–Kier alpha value is -0.120. The van der Waals surface area contributed by atoms with E-state index >= 15 is 0 Å². The molecule has 0 amide bonds. The van der Waals surface area contributed by atoms with Gasteiger partial charge in [-0.05, 0) is 26.7 Å². The first-order valence-electron chi connectivity index (χ1n) is 8.01. The summed E-state index contributed by atoms with van der Waals surface area (Å²) in [5.74, 6) is 0.854. The molecule has 1 unspecified atom stereocenters. The fourth-order valence-electron chi connectivity index (χ4n) is 2.82. The number of guanidine groups is 1. The average molecular weight is 426 g/mol. The molecule has 0 radical (unpaired) electrons. The largest absolute Gasteiger partial charge is 0.379 e. The van der Waals surface area contributed by atoms with Crippen molar-refractivity contribution >= 4 is 29.9 Å². The second kappa shape index (κ2) is 9.89. The number of halogens is 1. The molecule has 0 spiro atoms. The third kappa shape index (κ3) is 6.17. The second-order valence-corrected chi connectivity index (χ2v) is 6.35. The van der Waals surface area contributed by atoms with Gasteiger partial charge in [-0.1, -0.05) is 0 Å². The topological polar surface area (TPSA) is 58.1 Å². The van der Waals surface area contributed by atoms with E-state index in [0.29, 0.717) is 6.10 Å². The van der Waals surface area contributed by atoms with Crippen molar-refractivity contribution in [3.63, 3.8) is 0 Å². The van der Waals surface area contributed by atoms with Crippen LogP contribution in [-0.4, -0.2) is 75.5 Å². The number of rotatable bonds is 5. The summed E-state index contributed by atoms with van der Waals surface area (Å²) < 4.78 is 11.0. The van der Waals surface area contributed by atoms with Gasteiger partial charge in [-0.2, -0.15) is 0 Å². The molecule has 130 valence electrons. The fourth-order valence-corrected chi connectivity index (χ4v) is 2.82. The lowest BCUT2D eigenvalue weighted by Gasteiger charge is -2.41. The van der Waals surface area contributed by atoms with Gasteiger partial charge in [0.1, 0.15) is 0 Å². The van der Waals surface area contributed by atoms with Gasteiger partial charge in [0.2, 0.25) is 0 Å². The monoisotopic (exact) mass is 426 g/mol. The third-order valence-corrected chi connectivity index (χ3v) is 4.30. The summed E-state index contributed by atoms with van der Waals surface area (Å²) in [6.45, 7) is 10.8. The smallest absolute Gasteiger partial charge is 0.191 e. The highest BCUT2D eigenvalue weighted by molar-refractivity contribution is 14.0. The van der Waals surface area contributed by atoms with E-state index in [1.807, 2.05) is 7.05 Å². The molecular formula is C15H31IN4O2. The number of morpholine rings is 1. The zero-order valence-electron chi connectivity index (χ0n) is 14.1. The molecule has 2 rings (SSSR count). The highest BCUT2D eigenvalue weighted by Crippen LogP contribution is 2.15. The number of hydrogen-bond donors (Lipinski definition) is 2. The SMILES string of the molecule is CN=C(NCC1CCCO1)NCC(C)(C)N1CCOCC1.I. The van der Waals surface area contributed by atoms with Gasteiger partial charge in [-0.3, -0.25) is 9.89 Å².